The SMILES string of the molecule is Cc1c(C#N)c(N)n(Cc2ccc(-n3cccn3)nc2)c1C. The fraction of sp³-hybridized carbons (Fsp3) is 0.188. The van der Waals surface area contributed by atoms with Crippen LogP contribution >= 0.6 is 0 Å². The lowest BCUT2D eigenvalue weighted by molar-refractivity contribution is 0.774. The van der Waals surface area contributed by atoms with Gasteiger partial charge in [0.25, 0.3) is 0 Å². The fourth-order valence-corrected chi connectivity index (χ4v) is 2.47. The Bertz CT molecular complexity index is 834. The molecular weight excluding hydrogens is 276 g/mol. The van der Waals surface area contributed by atoms with Gasteiger partial charge < -0.3 is 10.3 Å². The van der Waals surface area contributed by atoms with Crippen molar-refractivity contribution in [2.75, 3.05) is 5.73 Å². The number of hydrogen-bond acceptors (Lipinski definition) is 4. The molecule has 0 fully saturated rings. The van der Waals surface area contributed by atoms with Crippen LogP contribution in [0.4, 0.5) is 5.82 Å². The highest BCUT2D eigenvalue weighted by molar-refractivity contribution is 5.58. The summed E-state index contributed by atoms with van der Waals surface area (Å²) in [7, 11) is 0. The van der Waals surface area contributed by atoms with Crippen LogP contribution in [-0.4, -0.2) is 19.3 Å². The van der Waals surface area contributed by atoms with Crippen molar-refractivity contribution in [1.29, 1.82) is 5.26 Å². The summed E-state index contributed by atoms with van der Waals surface area (Å²) in [5, 5.41) is 13.3. The molecule has 6 heteroatoms. The zero-order valence-corrected chi connectivity index (χ0v) is 12.5. The molecule has 0 unspecified atom stereocenters. The average molecular weight is 292 g/mol. The molecule has 3 rings (SSSR count). The minimum atomic E-state index is 0.508. The van der Waals surface area contributed by atoms with E-state index in [1.165, 1.54) is 0 Å². The van der Waals surface area contributed by atoms with Crippen molar-refractivity contribution in [2.45, 2.75) is 20.4 Å². The second kappa shape index (κ2) is 5.37. The molecule has 0 saturated heterocycles. The molecule has 0 amide bonds. The van der Waals surface area contributed by atoms with Crippen LogP contribution in [0.2, 0.25) is 0 Å². The van der Waals surface area contributed by atoms with Gasteiger partial charge in [0.1, 0.15) is 11.9 Å². The van der Waals surface area contributed by atoms with Crippen molar-refractivity contribution in [1.82, 2.24) is 19.3 Å². The monoisotopic (exact) mass is 292 g/mol. The minimum Gasteiger partial charge on any atom is -0.384 e. The van der Waals surface area contributed by atoms with Crippen LogP contribution in [0, 0.1) is 25.2 Å². The van der Waals surface area contributed by atoms with E-state index >= 15 is 0 Å². The molecule has 0 radical (unpaired) electrons. The number of hydrogen-bond donors (Lipinski definition) is 1. The summed E-state index contributed by atoms with van der Waals surface area (Å²) >= 11 is 0. The fourth-order valence-electron chi connectivity index (χ4n) is 2.47. The summed E-state index contributed by atoms with van der Waals surface area (Å²) in [6.45, 7) is 4.48. The maximum atomic E-state index is 9.18. The van der Waals surface area contributed by atoms with Crippen LogP contribution in [0.25, 0.3) is 5.82 Å². The van der Waals surface area contributed by atoms with E-state index in [9.17, 15) is 5.26 Å². The Balaban J connectivity index is 1.90. The van der Waals surface area contributed by atoms with Gasteiger partial charge in [-0.05, 0) is 37.1 Å². The second-order valence-corrected chi connectivity index (χ2v) is 5.14. The van der Waals surface area contributed by atoms with Crippen LogP contribution in [0.15, 0.2) is 36.8 Å². The zero-order valence-electron chi connectivity index (χ0n) is 12.5. The van der Waals surface area contributed by atoms with E-state index in [1.54, 1.807) is 17.1 Å². The lowest BCUT2D eigenvalue weighted by Gasteiger charge is -2.09. The van der Waals surface area contributed by atoms with Gasteiger partial charge >= 0.3 is 0 Å². The summed E-state index contributed by atoms with van der Waals surface area (Å²) in [6, 6.07) is 7.92. The van der Waals surface area contributed by atoms with Crippen LogP contribution in [-0.2, 0) is 6.54 Å². The maximum Gasteiger partial charge on any atom is 0.153 e. The number of rotatable bonds is 3. The average Bonchev–Trinajstić information content (AvgIpc) is 3.12. The van der Waals surface area contributed by atoms with Gasteiger partial charge in [-0.1, -0.05) is 6.07 Å². The first kappa shape index (κ1) is 13.9. The largest absolute Gasteiger partial charge is 0.384 e. The van der Waals surface area contributed by atoms with E-state index in [1.807, 2.05) is 42.8 Å². The molecule has 0 saturated carbocycles. The van der Waals surface area contributed by atoms with E-state index in [-0.39, 0.29) is 0 Å². The van der Waals surface area contributed by atoms with Crippen LogP contribution in [0.5, 0.6) is 0 Å². The Labute approximate surface area is 128 Å². The summed E-state index contributed by atoms with van der Waals surface area (Å²) in [5.41, 5.74) is 9.59. The van der Waals surface area contributed by atoms with Crippen molar-refractivity contribution in [3.8, 4) is 11.9 Å². The molecule has 22 heavy (non-hydrogen) atoms. The van der Waals surface area contributed by atoms with Gasteiger partial charge in [0.05, 0.1) is 12.1 Å². The molecule has 110 valence electrons. The number of pyridine rings is 1. The summed E-state index contributed by atoms with van der Waals surface area (Å²) < 4.78 is 3.65. The van der Waals surface area contributed by atoms with E-state index in [4.69, 9.17) is 5.73 Å². The molecular formula is C16H16N6. The van der Waals surface area contributed by atoms with Gasteiger partial charge in [0.2, 0.25) is 0 Å². The van der Waals surface area contributed by atoms with E-state index in [0.717, 1.165) is 22.6 Å². The molecule has 0 aliphatic heterocycles. The molecule has 0 aliphatic carbocycles. The second-order valence-electron chi connectivity index (χ2n) is 5.14. The first-order valence-electron chi connectivity index (χ1n) is 6.92. The minimum absolute atomic E-state index is 0.508. The van der Waals surface area contributed by atoms with Gasteiger partial charge in [0.15, 0.2) is 5.82 Å². The predicted octanol–water partition coefficient (Wildman–Crippen LogP) is 2.19. The Kier molecular flexibility index (Phi) is 3.39. The Hall–Kier alpha value is -3.07. The third-order valence-corrected chi connectivity index (χ3v) is 3.87. The van der Waals surface area contributed by atoms with Crippen LogP contribution < -0.4 is 5.73 Å². The van der Waals surface area contributed by atoms with Gasteiger partial charge in [-0.2, -0.15) is 10.4 Å². The van der Waals surface area contributed by atoms with Gasteiger partial charge in [0, 0.05) is 24.3 Å². The summed E-state index contributed by atoms with van der Waals surface area (Å²) in [5.74, 6) is 1.27. The number of anilines is 1. The third kappa shape index (κ3) is 2.23. The topological polar surface area (TPSA) is 85.5 Å². The highest BCUT2D eigenvalue weighted by Gasteiger charge is 2.15. The number of nitriles is 1. The molecule has 0 atom stereocenters. The zero-order chi connectivity index (χ0) is 15.7. The normalized spacial score (nSPS) is 10.6. The van der Waals surface area contributed by atoms with Crippen molar-refractivity contribution in [2.24, 2.45) is 0 Å². The number of nitrogens with zero attached hydrogens (tertiary/aromatic N) is 5. The van der Waals surface area contributed by atoms with Gasteiger partial charge in [-0.3, -0.25) is 0 Å². The van der Waals surface area contributed by atoms with Gasteiger partial charge in [-0.25, -0.2) is 9.67 Å². The van der Waals surface area contributed by atoms with Crippen molar-refractivity contribution in [3.05, 3.63) is 59.2 Å². The lowest BCUT2D eigenvalue weighted by Crippen LogP contribution is -2.07. The summed E-state index contributed by atoms with van der Waals surface area (Å²) in [4.78, 5) is 4.41. The van der Waals surface area contributed by atoms with Crippen molar-refractivity contribution >= 4 is 5.82 Å². The Morgan fingerprint density at radius 2 is 2.14 bits per heavy atom. The molecule has 0 aromatic carbocycles. The highest BCUT2D eigenvalue weighted by atomic mass is 15.3. The smallest absolute Gasteiger partial charge is 0.153 e. The summed E-state index contributed by atoms with van der Waals surface area (Å²) in [6.07, 6.45) is 5.36. The third-order valence-electron chi connectivity index (χ3n) is 3.87. The predicted molar refractivity (Wildman–Crippen MR) is 83.5 cm³/mol. The van der Waals surface area contributed by atoms with Crippen molar-refractivity contribution < 1.29 is 0 Å². The maximum absolute atomic E-state index is 9.18. The van der Waals surface area contributed by atoms with Crippen LogP contribution in [0.3, 0.4) is 0 Å². The van der Waals surface area contributed by atoms with Crippen LogP contribution in [0.1, 0.15) is 22.4 Å². The Morgan fingerprint density at radius 1 is 1.32 bits per heavy atom. The van der Waals surface area contributed by atoms with Crippen molar-refractivity contribution in [3.63, 3.8) is 0 Å². The molecule has 3 aromatic rings. The molecule has 6 nitrogen and oxygen atoms in total. The molecule has 0 spiro atoms. The highest BCUT2D eigenvalue weighted by Crippen LogP contribution is 2.24. The Morgan fingerprint density at radius 3 is 2.68 bits per heavy atom. The lowest BCUT2D eigenvalue weighted by atomic mass is 10.2. The number of nitrogens with two attached hydrogens (primary N) is 1. The standard InChI is InChI=1S/C16H16N6/c1-11-12(2)21(16(18)14(11)8-17)10-13-4-5-15(19-9-13)22-7-3-6-20-22/h3-7,9H,10,18H2,1-2H3. The van der Waals surface area contributed by atoms with E-state index in [2.05, 4.69) is 16.2 Å². The number of aromatic nitrogens is 4. The molecule has 3 heterocycles. The quantitative estimate of drug-likeness (QED) is 0.801. The number of nitrogen functional groups attached to an aromatic ring is 1. The molecule has 3 aromatic heterocycles. The molecule has 2 N–H and O–H groups in total. The first-order valence-corrected chi connectivity index (χ1v) is 6.92. The van der Waals surface area contributed by atoms with E-state index < -0.39 is 0 Å². The van der Waals surface area contributed by atoms with E-state index in [0.29, 0.717) is 17.9 Å². The van der Waals surface area contributed by atoms with Gasteiger partial charge in [-0.15, -0.1) is 0 Å². The molecule has 0 bridgehead atoms. The first-order chi connectivity index (χ1) is 10.6. The molecule has 0 aliphatic rings.